The van der Waals surface area contributed by atoms with Gasteiger partial charge in [-0.3, -0.25) is 10.1 Å². The molecule has 10 nitrogen and oxygen atoms in total. The minimum Gasteiger partial charge on any atom is -0.495 e. The third-order valence-electron chi connectivity index (χ3n) is 6.39. The number of amides is 2. The Morgan fingerprint density at radius 1 is 1.42 bits per heavy atom. The summed E-state index contributed by atoms with van der Waals surface area (Å²) in [5.74, 6) is -2.29. The van der Waals surface area contributed by atoms with Crippen LogP contribution in [-0.2, 0) is 4.79 Å². The molecule has 4 N–H and O–H groups in total. The van der Waals surface area contributed by atoms with E-state index in [0.717, 1.165) is 10.2 Å². The van der Waals surface area contributed by atoms with Crippen molar-refractivity contribution in [1.29, 1.82) is 0 Å². The second kappa shape index (κ2) is 8.99. The molecule has 0 spiro atoms. The lowest BCUT2D eigenvalue weighted by Crippen LogP contribution is -2.71. The number of urea groups is 1. The zero-order valence-electron chi connectivity index (χ0n) is 18.8. The third kappa shape index (κ3) is 3.91. The molecule has 4 rings (SSSR count). The minimum atomic E-state index is -1.40. The SMILES string of the molecule is CCNC(=O)NC1(C2CNCCC2(C)C(=O)O)N=CC=CN1c1cc(OC)c2scnc2c1. The number of rotatable bonds is 6. The van der Waals surface area contributed by atoms with Crippen molar-refractivity contribution in [2.75, 3.05) is 31.6 Å². The molecule has 2 amide bonds. The fraction of sp³-hybridized carbons (Fsp3) is 0.455. The number of carbonyl (C=O) groups is 2. The molecule has 2 aromatic rings. The van der Waals surface area contributed by atoms with Crippen LogP contribution in [0, 0.1) is 11.3 Å². The Morgan fingerprint density at radius 2 is 2.24 bits per heavy atom. The highest BCUT2D eigenvalue weighted by Crippen LogP contribution is 2.46. The van der Waals surface area contributed by atoms with E-state index in [2.05, 4.69) is 20.9 Å². The van der Waals surface area contributed by atoms with Gasteiger partial charge in [0.2, 0.25) is 5.79 Å². The van der Waals surface area contributed by atoms with Crippen LogP contribution in [0.5, 0.6) is 5.75 Å². The van der Waals surface area contributed by atoms with Crippen LogP contribution in [0.3, 0.4) is 0 Å². The zero-order chi connectivity index (χ0) is 23.6. The first-order valence-electron chi connectivity index (χ1n) is 10.8. The van der Waals surface area contributed by atoms with Gasteiger partial charge in [0.05, 0.1) is 39.9 Å². The minimum absolute atomic E-state index is 0.354. The van der Waals surface area contributed by atoms with Crippen molar-refractivity contribution in [3.63, 3.8) is 0 Å². The number of ether oxygens (including phenoxy) is 1. The van der Waals surface area contributed by atoms with Gasteiger partial charge in [0, 0.05) is 31.6 Å². The zero-order valence-corrected chi connectivity index (χ0v) is 19.6. The summed E-state index contributed by atoms with van der Waals surface area (Å²) in [5, 5.41) is 19.3. The van der Waals surface area contributed by atoms with Gasteiger partial charge in [0.1, 0.15) is 5.75 Å². The second-order valence-corrected chi connectivity index (χ2v) is 9.13. The summed E-state index contributed by atoms with van der Waals surface area (Å²) in [6, 6.07) is 3.31. The number of aliphatic imine (C=N–C) groups is 1. The van der Waals surface area contributed by atoms with E-state index in [4.69, 9.17) is 9.73 Å². The van der Waals surface area contributed by atoms with Crippen molar-refractivity contribution in [2.45, 2.75) is 26.1 Å². The van der Waals surface area contributed by atoms with Crippen LogP contribution < -0.4 is 25.6 Å². The quantitative estimate of drug-likeness (QED) is 0.508. The number of piperidine rings is 1. The summed E-state index contributed by atoms with van der Waals surface area (Å²) >= 11 is 1.47. The van der Waals surface area contributed by atoms with E-state index in [1.54, 1.807) is 38.0 Å². The number of nitrogens with zero attached hydrogens (tertiary/aromatic N) is 3. The number of nitrogens with one attached hydrogen (secondary N) is 3. The lowest BCUT2D eigenvalue weighted by molar-refractivity contribution is -0.155. The van der Waals surface area contributed by atoms with Crippen LogP contribution in [0.1, 0.15) is 20.3 Å². The van der Waals surface area contributed by atoms with Crippen LogP contribution in [-0.4, -0.2) is 60.8 Å². The summed E-state index contributed by atoms with van der Waals surface area (Å²) in [4.78, 5) is 36.3. The van der Waals surface area contributed by atoms with Gasteiger partial charge in [-0.2, -0.15) is 0 Å². The smallest absolute Gasteiger partial charge is 0.318 e. The van der Waals surface area contributed by atoms with Crippen molar-refractivity contribution in [2.24, 2.45) is 16.3 Å². The number of hydrogen-bond acceptors (Lipinski definition) is 8. The molecule has 33 heavy (non-hydrogen) atoms. The largest absolute Gasteiger partial charge is 0.495 e. The number of benzene rings is 1. The molecule has 0 saturated carbocycles. The van der Waals surface area contributed by atoms with Crippen molar-refractivity contribution in [3.8, 4) is 5.75 Å². The van der Waals surface area contributed by atoms with Gasteiger partial charge in [-0.25, -0.2) is 14.8 Å². The third-order valence-corrected chi connectivity index (χ3v) is 7.25. The number of carboxylic acid groups (broad SMARTS) is 1. The van der Waals surface area contributed by atoms with Crippen molar-refractivity contribution < 1.29 is 19.4 Å². The first-order valence-corrected chi connectivity index (χ1v) is 11.7. The number of hydrogen-bond donors (Lipinski definition) is 4. The molecule has 11 heteroatoms. The number of aliphatic carboxylic acids is 1. The van der Waals surface area contributed by atoms with Gasteiger partial charge in [-0.1, -0.05) is 0 Å². The topological polar surface area (TPSA) is 128 Å². The molecule has 1 saturated heterocycles. The average Bonchev–Trinajstić information content (AvgIpc) is 3.28. The molecule has 3 atom stereocenters. The first kappa shape index (κ1) is 23.0. The number of carboxylic acids is 1. The maximum absolute atomic E-state index is 12.9. The molecule has 3 heterocycles. The van der Waals surface area contributed by atoms with Gasteiger partial charge >= 0.3 is 12.0 Å². The van der Waals surface area contributed by atoms with E-state index in [1.807, 2.05) is 24.0 Å². The fourth-order valence-corrected chi connectivity index (χ4v) is 5.36. The molecule has 1 fully saturated rings. The molecular formula is C22H28N6O4S. The number of anilines is 1. The predicted octanol–water partition coefficient (Wildman–Crippen LogP) is 2.38. The number of thiazole rings is 1. The Kier molecular flexibility index (Phi) is 6.26. The summed E-state index contributed by atoms with van der Waals surface area (Å²) in [5.41, 5.74) is 2.02. The molecule has 1 aromatic carbocycles. The molecule has 176 valence electrons. The van der Waals surface area contributed by atoms with Crippen molar-refractivity contribution in [3.05, 3.63) is 29.9 Å². The number of carbonyl (C=O) groups excluding carboxylic acids is 1. The molecule has 2 aliphatic rings. The van der Waals surface area contributed by atoms with Gasteiger partial charge in [0.25, 0.3) is 0 Å². The molecule has 0 bridgehead atoms. The maximum Gasteiger partial charge on any atom is 0.318 e. The lowest BCUT2D eigenvalue weighted by atomic mass is 9.68. The van der Waals surface area contributed by atoms with E-state index in [1.165, 1.54) is 11.3 Å². The predicted molar refractivity (Wildman–Crippen MR) is 128 cm³/mol. The molecule has 0 aliphatic carbocycles. The van der Waals surface area contributed by atoms with Crippen LogP contribution in [0.25, 0.3) is 10.2 Å². The monoisotopic (exact) mass is 472 g/mol. The Bertz CT molecular complexity index is 1120. The number of allylic oxidation sites excluding steroid dienone is 1. The van der Waals surface area contributed by atoms with Crippen LogP contribution >= 0.6 is 11.3 Å². The lowest BCUT2D eigenvalue weighted by Gasteiger charge is -2.52. The van der Waals surface area contributed by atoms with Crippen LogP contribution in [0.2, 0.25) is 0 Å². The van der Waals surface area contributed by atoms with Gasteiger partial charge in [0.15, 0.2) is 0 Å². The van der Waals surface area contributed by atoms with Gasteiger partial charge in [-0.05, 0) is 39.0 Å². The second-order valence-electron chi connectivity index (χ2n) is 8.28. The standard InChI is InChI=1S/C22H28N6O4S/c1-4-24-20(31)27-22(17-12-23-8-6-21(17,2)19(29)30)26-7-5-9-28(22)14-10-15-18(33-13-25-15)16(11-14)32-3/h5,7,9-11,13,17,23H,4,6,8,12H2,1-3H3,(H,29,30)(H2,24,27,31). The van der Waals surface area contributed by atoms with E-state index < -0.39 is 29.1 Å². The highest BCUT2D eigenvalue weighted by atomic mass is 32.1. The Balaban J connectivity index is 1.90. The van der Waals surface area contributed by atoms with E-state index in [-0.39, 0.29) is 0 Å². The van der Waals surface area contributed by atoms with E-state index in [9.17, 15) is 14.7 Å². The molecule has 0 radical (unpaired) electrons. The maximum atomic E-state index is 12.9. The Morgan fingerprint density at radius 3 is 2.97 bits per heavy atom. The fourth-order valence-electron chi connectivity index (χ4n) is 4.60. The molecule has 1 aromatic heterocycles. The highest BCUT2D eigenvalue weighted by Gasteiger charge is 2.57. The summed E-state index contributed by atoms with van der Waals surface area (Å²) in [6.45, 7) is 4.87. The highest BCUT2D eigenvalue weighted by molar-refractivity contribution is 7.17. The Hall–Kier alpha value is -3.18. The number of aromatic nitrogens is 1. The van der Waals surface area contributed by atoms with Crippen molar-refractivity contribution >= 4 is 45.5 Å². The normalized spacial score (nSPS) is 26.9. The van der Waals surface area contributed by atoms with Crippen LogP contribution in [0.15, 0.2) is 34.9 Å². The number of fused-ring (bicyclic) bond motifs is 1. The van der Waals surface area contributed by atoms with Gasteiger partial charge < -0.3 is 25.4 Å². The first-order chi connectivity index (χ1) is 15.9. The molecule has 2 aliphatic heterocycles. The summed E-state index contributed by atoms with van der Waals surface area (Å²) in [6.07, 6.45) is 5.54. The van der Waals surface area contributed by atoms with Gasteiger partial charge in [-0.15, -0.1) is 11.3 Å². The molecular weight excluding hydrogens is 444 g/mol. The van der Waals surface area contributed by atoms with Crippen molar-refractivity contribution in [1.82, 2.24) is 20.9 Å². The summed E-state index contributed by atoms with van der Waals surface area (Å²) < 4.78 is 6.51. The number of methoxy groups -OCH3 is 1. The Labute approximate surface area is 195 Å². The molecule has 3 unspecified atom stereocenters. The van der Waals surface area contributed by atoms with Crippen LogP contribution in [0.4, 0.5) is 10.5 Å². The van der Waals surface area contributed by atoms with E-state index in [0.29, 0.717) is 37.5 Å². The summed E-state index contributed by atoms with van der Waals surface area (Å²) in [7, 11) is 1.59. The van der Waals surface area contributed by atoms with E-state index >= 15 is 0 Å². The average molecular weight is 473 g/mol.